The van der Waals surface area contributed by atoms with E-state index >= 15 is 0 Å². The van der Waals surface area contributed by atoms with Crippen molar-refractivity contribution in [2.45, 2.75) is 19.4 Å². The molecule has 0 fully saturated rings. The average Bonchev–Trinajstić information content (AvgIpc) is 2.47. The van der Waals surface area contributed by atoms with Gasteiger partial charge in [-0.1, -0.05) is 23.7 Å². The molecule has 0 radical (unpaired) electrons. The van der Waals surface area contributed by atoms with Crippen molar-refractivity contribution in [1.29, 1.82) is 0 Å². The second kappa shape index (κ2) is 6.20. The zero-order valence-electron chi connectivity index (χ0n) is 12.3. The van der Waals surface area contributed by atoms with Crippen LogP contribution in [-0.4, -0.2) is 17.3 Å². The summed E-state index contributed by atoms with van der Waals surface area (Å²) in [6, 6.07) is 13.3. The summed E-state index contributed by atoms with van der Waals surface area (Å²) in [7, 11) is 0. The minimum atomic E-state index is -1.21. The summed E-state index contributed by atoms with van der Waals surface area (Å²) < 4.78 is 5.64. The molecule has 0 saturated carbocycles. The number of nitrogens with two attached hydrogens (primary N) is 1. The van der Waals surface area contributed by atoms with E-state index < -0.39 is 11.5 Å². The first-order chi connectivity index (χ1) is 10.3. The van der Waals surface area contributed by atoms with Crippen molar-refractivity contribution in [1.82, 2.24) is 0 Å². The van der Waals surface area contributed by atoms with Crippen molar-refractivity contribution >= 4 is 23.3 Å². The van der Waals surface area contributed by atoms with Gasteiger partial charge in [0.1, 0.15) is 5.75 Å². The Morgan fingerprint density at radius 1 is 1.05 bits per heavy atom. The largest absolute Gasteiger partial charge is 0.477 e. The van der Waals surface area contributed by atoms with Crippen LogP contribution in [0.3, 0.4) is 0 Å². The Labute approximate surface area is 133 Å². The SMILES string of the molecule is CC(C)(Oc1ccccc1C(=O)c1ccc(Cl)cc1)C(N)=O. The number of hydrogen-bond donors (Lipinski definition) is 1. The van der Waals surface area contributed by atoms with E-state index in [9.17, 15) is 9.59 Å². The molecule has 22 heavy (non-hydrogen) atoms. The van der Waals surface area contributed by atoms with Gasteiger partial charge in [0.05, 0.1) is 5.56 Å². The summed E-state index contributed by atoms with van der Waals surface area (Å²) in [5, 5.41) is 0.552. The fourth-order valence-electron chi connectivity index (χ4n) is 1.83. The Morgan fingerprint density at radius 2 is 1.64 bits per heavy atom. The predicted molar refractivity (Wildman–Crippen MR) is 85.2 cm³/mol. The van der Waals surface area contributed by atoms with Gasteiger partial charge in [0, 0.05) is 10.6 Å². The van der Waals surface area contributed by atoms with E-state index in [0.717, 1.165) is 0 Å². The maximum atomic E-state index is 12.6. The highest BCUT2D eigenvalue weighted by molar-refractivity contribution is 6.30. The van der Waals surface area contributed by atoms with Gasteiger partial charge < -0.3 is 10.5 Å². The molecule has 2 rings (SSSR count). The lowest BCUT2D eigenvalue weighted by atomic mass is 10.0. The maximum Gasteiger partial charge on any atom is 0.261 e. The molecule has 5 heteroatoms. The van der Waals surface area contributed by atoms with Crippen molar-refractivity contribution in [3.63, 3.8) is 0 Å². The van der Waals surface area contributed by atoms with Gasteiger partial charge in [-0.2, -0.15) is 0 Å². The number of hydrogen-bond acceptors (Lipinski definition) is 3. The number of rotatable bonds is 5. The van der Waals surface area contributed by atoms with Crippen LogP contribution in [0.1, 0.15) is 29.8 Å². The van der Waals surface area contributed by atoms with Gasteiger partial charge in [-0.15, -0.1) is 0 Å². The van der Waals surface area contributed by atoms with Crippen molar-refractivity contribution < 1.29 is 14.3 Å². The third-order valence-electron chi connectivity index (χ3n) is 3.20. The van der Waals surface area contributed by atoms with E-state index in [0.29, 0.717) is 21.9 Å². The first kappa shape index (κ1) is 16.0. The topological polar surface area (TPSA) is 69.4 Å². The Kier molecular flexibility index (Phi) is 4.52. The zero-order chi connectivity index (χ0) is 16.3. The Balaban J connectivity index is 2.38. The number of benzene rings is 2. The van der Waals surface area contributed by atoms with Crippen LogP contribution in [0.5, 0.6) is 5.75 Å². The number of ether oxygens (including phenoxy) is 1. The molecule has 2 aromatic rings. The highest BCUT2D eigenvalue weighted by Crippen LogP contribution is 2.26. The van der Waals surface area contributed by atoms with Crippen LogP contribution in [0.2, 0.25) is 5.02 Å². The van der Waals surface area contributed by atoms with Crippen LogP contribution in [0.25, 0.3) is 0 Å². The minimum Gasteiger partial charge on any atom is -0.477 e. The average molecular weight is 318 g/mol. The van der Waals surface area contributed by atoms with Crippen LogP contribution in [0, 0.1) is 0 Å². The van der Waals surface area contributed by atoms with E-state index in [-0.39, 0.29) is 5.78 Å². The monoisotopic (exact) mass is 317 g/mol. The zero-order valence-corrected chi connectivity index (χ0v) is 13.1. The van der Waals surface area contributed by atoms with E-state index in [2.05, 4.69) is 0 Å². The number of ketones is 1. The summed E-state index contributed by atoms with van der Waals surface area (Å²) in [5.74, 6) is -0.514. The second-order valence-electron chi connectivity index (χ2n) is 5.31. The van der Waals surface area contributed by atoms with Crippen LogP contribution < -0.4 is 10.5 Å². The maximum absolute atomic E-state index is 12.6. The van der Waals surface area contributed by atoms with Crippen LogP contribution >= 0.6 is 11.6 Å². The highest BCUT2D eigenvalue weighted by Gasteiger charge is 2.29. The number of carbonyl (C=O) groups excluding carboxylic acids is 2. The summed E-state index contributed by atoms with van der Waals surface area (Å²) in [6.07, 6.45) is 0. The standard InChI is InChI=1S/C17H16ClNO3/c1-17(2,16(19)21)22-14-6-4-3-5-13(14)15(20)11-7-9-12(18)10-8-11/h3-10H,1-2H3,(H2,19,21). The summed E-state index contributed by atoms with van der Waals surface area (Å²) in [4.78, 5) is 24.0. The molecular weight excluding hydrogens is 302 g/mol. The first-order valence-electron chi connectivity index (χ1n) is 6.69. The van der Waals surface area contributed by atoms with Crippen LogP contribution in [-0.2, 0) is 4.79 Å². The van der Waals surface area contributed by atoms with Gasteiger partial charge in [0.25, 0.3) is 5.91 Å². The Bertz CT molecular complexity index is 708. The molecular formula is C17H16ClNO3. The molecule has 0 aromatic heterocycles. The first-order valence-corrected chi connectivity index (χ1v) is 7.07. The number of carbonyl (C=O) groups is 2. The number of amides is 1. The van der Waals surface area contributed by atoms with Gasteiger partial charge in [-0.25, -0.2) is 0 Å². The van der Waals surface area contributed by atoms with E-state index in [4.69, 9.17) is 22.1 Å². The molecule has 0 aliphatic carbocycles. The third-order valence-corrected chi connectivity index (χ3v) is 3.45. The molecule has 0 saturated heterocycles. The minimum absolute atomic E-state index is 0.215. The summed E-state index contributed by atoms with van der Waals surface area (Å²) in [5.41, 5.74) is 4.94. The lowest BCUT2D eigenvalue weighted by Crippen LogP contribution is -2.43. The second-order valence-corrected chi connectivity index (χ2v) is 5.75. The van der Waals surface area contributed by atoms with E-state index in [1.54, 1.807) is 62.4 Å². The quantitative estimate of drug-likeness (QED) is 0.861. The lowest BCUT2D eigenvalue weighted by molar-refractivity contribution is -0.130. The molecule has 0 aliphatic rings. The van der Waals surface area contributed by atoms with Crippen molar-refractivity contribution in [2.24, 2.45) is 5.73 Å². The van der Waals surface area contributed by atoms with E-state index in [1.165, 1.54) is 0 Å². The summed E-state index contributed by atoms with van der Waals surface area (Å²) >= 11 is 5.83. The Hall–Kier alpha value is -2.33. The normalized spacial score (nSPS) is 11.0. The van der Waals surface area contributed by atoms with E-state index in [1.807, 2.05) is 0 Å². The van der Waals surface area contributed by atoms with Crippen molar-refractivity contribution in [3.8, 4) is 5.75 Å². The smallest absolute Gasteiger partial charge is 0.261 e. The molecule has 0 bridgehead atoms. The molecule has 4 nitrogen and oxygen atoms in total. The molecule has 2 N–H and O–H groups in total. The molecule has 0 heterocycles. The fourth-order valence-corrected chi connectivity index (χ4v) is 1.95. The molecule has 114 valence electrons. The fraction of sp³-hybridized carbons (Fsp3) is 0.176. The van der Waals surface area contributed by atoms with Gasteiger partial charge >= 0.3 is 0 Å². The number of primary amides is 1. The molecule has 0 atom stereocenters. The summed E-state index contributed by atoms with van der Waals surface area (Å²) in [6.45, 7) is 3.11. The molecule has 0 spiro atoms. The number of para-hydroxylation sites is 1. The van der Waals surface area contributed by atoms with Gasteiger partial charge in [-0.05, 0) is 50.2 Å². The van der Waals surface area contributed by atoms with Gasteiger partial charge in [-0.3, -0.25) is 9.59 Å². The number of halogens is 1. The highest BCUT2D eigenvalue weighted by atomic mass is 35.5. The third kappa shape index (κ3) is 3.46. The van der Waals surface area contributed by atoms with Crippen molar-refractivity contribution in [2.75, 3.05) is 0 Å². The Morgan fingerprint density at radius 3 is 2.23 bits per heavy atom. The predicted octanol–water partition coefficient (Wildman–Crippen LogP) is 3.21. The molecule has 1 amide bonds. The van der Waals surface area contributed by atoms with Gasteiger partial charge in [0.2, 0.25) is 0 Å². The van der Waals surface area contributed by atoms with Crippen LogP contribution in [0.4, 0.5) is 0 Å². The van der Waals surface area contributed by atoms with Gasteiger partial charge in [0.15, 0.2) is 11.4 Å². The molecule has 0 unspecified atom stereocenters. The lowest BCUT2D eigenvalue weighted by Gasteiger charge is -2.24. The van der Waals surface area contributed by atoms with Crippen molar-refractivity contribution in [3.05, 3.63) is 64.7 Å². The van der Waals surface area contributed by atoms with Crippen LogP contribution in [0.15, 0.2) is 48.5 Å². The molecule has 0 aliphatic heterocycles. The molecule has 2 aromatic carbocycles.